The fourth-order valence-corrected chi connectivity index (χ4v) is 1.74. The molecule has 0 aliphatic carbocycles. The number of nitrogens with one attached hydrogen (secondary N) is 1. The van der Waals surface area contributed by atoms with Gasteiger partial charge in [-0.05, 0) is 36.2 Å². The largest absolute Gasteiger partial charge is 0.482 e. The van der Waals surface area contributed by atoms with E-state index in [0.717, 1.165) is 25.3 Å². The first kappa shape index (κ1) is 11.0. The summed E-state index contributed by atoms with van der Waals surface area (Å²) < 4.78 is 9.84. The van der Waals surface area contributed by atoms with Crippen LogP contribution < -0.4 is 10.1 Å². The highest BCUT2D eigenvalue weighted by molar-refractivity contribution is 5.70. The summed E-state index contributed by atoms with van der Waals surface area (Å²) in [7, 11) is 1.35. The van der Waals surface area contributed by atoms with E-state index in [1.165, 1.54) is 18.2 Å². The third kappa shape index (κ3) is 2.52. The van der Waals surface area contributed by atoms with E-state index in [-0.39, 0.29) is 12.6 Å². The van der Waals surface area contributed by atoms with Crippen molar-refractivity contribution in [1.29, 1.82) is 0 Å². The molecule has 2 rings (SSSR count). The van der Waals surface area contributed by atoms with Gasteiger partial charge in [0.15, 0.2) is 6.61 Å². The Morgan fingerprint density at radius 3 is 3.12 bits per heavy atom. The van der Waals surface area contributed by atoms with E-state index in [4.69, 9.17) is 4.74 Å². The second-order valence-corrected chi connectivity index (χ2v) is 3.72. The van der Waals surface area contributed by atoms with E-state index in [9.17, 15) is 4.79 Å². The monoisotopic (exact) mass is 221 g/mol. The highest BCUT2D eigenvalue weighted by Gasteiger charge is 2.10. The number of carbonyl (C=O) groups is 1. The fraction of sp³-hybridized carbons (Fsp3) is 0.417. The van der Waals surface area contributed by atoms with E-state index in [1.807, 2.05) is 18.2 Å². The number of hydrogen-bond acceptors (Lipinski definition) is 4. The highest BCUT2D eigenvalue weighted by atomic mass is 16.6. The quantitative estimate of drug-likeness (QED) is 0.770. The molecule has 4 nitrogen and oxygen atoms in total. The molecule has 0 spiro atoms. The normalized spacial score (nSPS) is 14.1. The molecule has 0 aromatic heterocycles. The maximum absolute atomic E-state index is 10.9. The molecule has 0 bridgehead atoms. The summed E-state index contributed by atoms with van der Waals surface area (Å²) in [5, 5.41) is 3.30. The molecule has 0 amide bonds. The number of esters is 1. The zero-order chi connectivity index (χ0) is 11.4. The average Bonchev–Trinajstić information content (AvgIpc) is 2.35. The minimum atomic E-state index is -0.362. The lowest BCUT2D eigenvalue weighted by Gasteiger charge is -2.17. The summed E-state index contributed by atoms with van der Waals surface area (Å²) in [6.45, 7) is 1.87. The molecular weight excluding hydrogens is 206 g/mol. The summed E-state index contributed by atoms with van der Waals surface area (Å²) in [5.41, 5.74) is 2.60. The molecule has 0 atom stereocenters. The second-order valence-electron chi connectivity index (χ2n) is 3.72. The van der Waals surface area contributed by atoms with E-state index >= 15 is 0 Å². The Morgan fingerprint density at radius 1 is 1.44 bits per heavy atom. The lowest BCUT2D eigenvalue weighted by Crippen LogP contribution is -2.23. The molecule has 0 unspecified atom stereocenters. The molecule has 4 heteroatoms. The van der Waals surface area contributed by atoms with Crippen LogP contribution in [0, 0.1) is 0 Å². The van der Waals surface area contributed by atoms with Gasteiger partial charge in [0.1, 0.15) is 5.75 Å². The lowest BCUT2D eigenvalue weighted by molar-refractivity contribution is -0.142. The van der Waals surface area contributed by atoms with Crippen LogP contribution in [0.3, 0.4) is 0 Å². The van der Waals surface area contributed by atoms with Gasteiger partial charge in [0, 0.05) is 6.54 Å². The smallest absolute Gasteiger partial charge is 0.343 e. The van der Waals surface area contributed by atoms with Crippen LogP contribution in [0.15, 0.2) is 18.2 Å². The topological polar surface area (TPSA) is 47.6 Å². The molecule has 1 heterocycles. The standard InChI is InChI=1S/C12H15NO3/c1-15-12(14)8-16-11-3-2-10-7-13-5-4-9(10)6-11/h2-3,6,13H,4-5,7-8H2,1H3. The van der Waals surface area contributed by atoms with E-state index in [1.54, 1.807) is 0 Å². The molecule has 1 aliphatic rings. The Balaban J connectivity index is 2.03. The first-order valence-electron chi connectivity index (χ1n) is 5.32. The lowest BCUT2D eigenvalue weighted by atomic mass is 10.0. The Morgan fingerprint density at radius 2 is 2.31 bits per heavy atom. The average molecular weight is 221 g/mol. The second kappa shape index (κ2) is 4.99. The van der Waals surface area contributed by atoms with Crippen LogP contribution in [0.4, 0.5) is 0 Å². The van der Waals surface area contributed by atoms with Crippen molar-refractivity contribution in [3.05, 3.63) is 29.3 Å². The number of carbonyl (C=O) groups excluding carboxylic acids is 1. The molecule has 1 aromatic carbocycles. The van der Waals surface area contributed by atoms with Crippen molar-refractivity contribution >= 4 is 5.97 Å². The van der Waals surface area contributed by atoms with Crippen molar-refractivity contribution in [2.45, 2.75) is 13.0 Å². The van der Waals surface area contributed by atoms with Gasteiger partial charge < -0.3 is 14.8 Å². The number of benzene rings is 1. The number of fused-ring (bicyclic) bond motifs is 1. The van der Waals surface area contributed by atoms with Crippen LogP contribution in [-0.2, 0) is 22.5 Å². The first-order chi connectivity index (χ1) is 7.79. The van der Waals surface area contributed by atoms with Crippen molar-refractivity contribution in [3.8, 4) is 5.75 Å². The maximum Gasteiger partial charge on any atom is 0.343 e. The zero-order valence-electron chi connectivity index (χ0n) is 9.29. The van der Waals surface area contributed by atoms with E-state index in [0.29, 0.717) is 0 Å². The van der Waals surface area contributed by atoms with Gasteiger partial charge >= 0.3 is 5.97 Å². The molecule has 0 radical (unpaired) electrons. The Bertz CT molecular complexity index is 390. The van der Waals surface area contributed by atoms with Gasteiger partial charge in [-0.3, -0.25) is 0 Å². The molecule has 1 aromatic rings. The zero-order valence-corrected chi connectivity index (χ0v) is 9.29. The SMILES string of the molecule is COC(=O)COc1ccc2c(c1)CCNC2. The summed E-state index contributed by atoms with van der Waals surface area (Å²) in [6, 6.07) is 5.92. The van der Waals surface area contributed by atoms with Crippen LogP contribution >= 0.6 is 0 Å². The third-order valence-electron chi connectivity index (χ3n) is 2.65. The van der Waals surface area contributed by atoms with Crippen molar-refractivity contribution in [2.24, 2.45) is 0 Å². The number of hydrogen-bond donors (Lipinski definition) is 1. The van der Waals surface area contributed by atoms with Crippen molar-refractivity contribution in [1.82, 2.24) is 5.32 Å². The molecule has 1 aliphatic heterocycles. The van der Waals surface area contributed by atoms with Crippen LogP contribution in [0.1, 0.15) is 11.1 Å². The highest BCUT2D eigenvalue weighted by Crippen LogP contribution is 2.20. The minimum Gasteiger partial charge on any atom is -0.482 e. The van der Waals surface area contributed by atoms with Crippen LogP contribution in [0.25, 0.3) is 0 Å². The number of rotatable bonds is 3. The maximum atomic E-state index is 10.9. The molecule has 86 valence electrons. The Kier molecular flexibility index (Phi) is 3.41. The molecule has 1 N–H and O–H groups in total. The van der Waals surface area contributed by atoms with Gasteiger partial charge in [-0.1, -0.05) is 6.07 Å². The number of methoxy groups -OCH3 is 1. The molecule has 0 saturated carbocycles. The third-order valence-corrected chi connectivity index (χ3v) is 2.65. The van der Waals surface area contributed by atoms with Crippen LogP contribution in [-0.4, -0.2) is 26.2 Å². The van der Waals surface area contributed by atoms with Crippen molar-refractivity contribution in [3.63, 3.8) is 0 Å². The van der Waals surface area contributed by atoms with E-state index < -0.39 is 0 Å². The Labute approximate surface area is 94.6 Å². The summed E-state index contributed by atoms with van der Waals surface area (Å²) >= 11 is 0. The fourth-order valence-electron chi connectivity index (χ4n) is 1.74. The van der Waals surface area contributed by atoms with Gasteiger partial charge in [0.2, 0.25) is 0 Å². The predicted octanol–water partition coefficient (Wildman–Crippen LogP) is 0.884. The van der Waals surface area contributed by atoms with Gasteiger partial charge in [0.05, 0.1) is 7.11 Å². The van der Waals surface area contributed by atoms with Crippen molar-refractivity contribution < 1.29 is 14.3 Å². The summed E-state index contributed by atoms with van der Waals surface area (Å²) in [5.74, 6) is 0.366. The summed E-state index contributed by atoms with van der Waals surface area (Å²) in [4.78, 5) is 10.9. The predicted molar refractivity (Wildman–Crippen MR) is 59.4 cm³/mol. The molecular formula is C12H15NO3. The summed E-state index contributed by atoms with van der Waals surface area (Å²) in [6.07, 6.45) is 1.00. The molecule has 0 saturated heterocycles. The van der Waals surface area contributed by atoms with Gasteiger partial charge in [0.25, 0.3) is 0 Å². The number of ether oxygens (including phenoxy) is 2. The van der Waals surface area contributed by atoms with Gasteiger partial charge in [-0.25, -0.2) is 4.79 Å². The van der Waals surface area contributed by atoms with Crippen molar-refractivity contribution in [2.75, 3.05) is 20.3 Å². The Hall–Kier alpha value is -1.55. The van der Waals surface area contributed by atoms with Gasteiger partial charge in [-0.2, -0.15) is 0 Å². The van der Waals surface area contributed by atoms with Crippen LogP contribution in [0.2, 0.25) is 0 Å². The van der Waals surface area contributed by atoms with Gasteiger partial charge in [-0.15, -0.1) is 0 Å². The van der Waals surface area contributed by atoms with E-state index in [2.05, 4.69) is 10.1 Å². The van der Waals surface area contributed by atoms with Crippen LogP contribution in [0.5, 0.6) is 5.75 Å². The molecule has 16 heavy (non-hydrogen) atoms. The minimum absolute atomic E-state index is 0.0342. The molecule has 0 fully saturated rings. The first-order valence-corrected chi connectivity index (χ1v) is 5.32.